The lowest BCUT2D eigenvalue weighted by Crippen LogP contribution is -2.20. The first-order valence-corrected chi connectivity index (χ1v) is 27.2. The number of hydrogen-bond acceptors (Lipinski definition) is 11. The molecule has 12 nitrogen and oxygen atoms in total. The van der Waals surface area contributed by atoms with Gasteiger partial charge in [0.05, 0.1) is 29.4 Å². The van der Waals surface area contributed by atoms with E-state index in [1.54, 1.807) is 17.2 Å². The second-order valence-corrected chi connectivity index (χ2v) is 19.0. The number of ether oxygens (including phenoxy) is 1. The Labute approximate surface area is 483 Å². The van der Waals surface area contributed by atoms with Gasteiger partial charge in [-0.15, -0.1) is 0 Å². The highest BCUT2D eigenvalue weighted by atomic mass is 16.5. The third-order valence-electron chi connectivity index (χ3n) is 14.1. The molecule has 10 aromatic rings. The van der Waals surface area contributed by atoms with Crippen molar-refractivity contribution in [2.24, 2.45) is 0 Å². The average Bonchev–Trinajstić information content (AvgIpc) is 2.87. The van der Waals surface area contributed by atoms with Crippen molar-refractivity contribution < 1.29 is 49.7 Å². The Balaban J connectivity index is 0.000000246. The maximum absolute atomic E-state index is 11.8. The zero-order valence-corrected chi connectivity index (χ0v) is 48.0. The van der Waals surface area contributed by atoms with Crippen LogP contribution in [0.2, 0.25) is 0 Å². The number of hydrogen-bond donors (Lipinski definition) is 8. The van der Waals surface area contributed by atoms with E-state index in [9.17, 15) is 30.3 Å². The Kier molecular flexibility index (Phi) is 20.0. The summed E-state index contributed by atoms with van der Waals surface area (Å²) in [5.41, 5.74) is 11.2. The fourth-order valence-corrected chi connectivity index (χ4v) is 10.1. The number of aliphatic hydroxyl groups is 6. The second-order valence-electron chi connectivity index (χ2n) is 19.0. The van der Waals surface area contributed by atoms with E-state index in [-0.39, 0.29) is 23.8 Å². The number of para-hydroxylation sites is 3. The van der Waals surface area contributed by atoms with Crippen LogP contribution in [-0.4, -0.2) is 48.8 Å². The number of carbonyl (C=O) groups is 1. The predicted octanol–water partition coefficient (Wildman–Crippen LogP) is 17.7. The fraction of sp³-hybridized carbons (Fsp3) is 0.141. The number of furan rings is 1. The first-order chi connectivity index (χ1) is 40.2. The number of aliphatic carboxylic acids is 1. The van der Waals surface area contributed by atoms with Crippen molar-refractivity contribution in [3.63, 3.8) is 0 Å². The van der Waals surface area contributed by atoms with Gasteiger partial charge in [0.25, 0.3) is 0 Å². The maximum atomic E-state index is 11.8. The Bertz CT molecular complexity index is 4180. The summed E-state index contributed by atoms with van der Waals surface area (Å²) in [7, 11) is 1.00. The van der Waals surface area contributed by atoms with Crippen LogP contribution < -0.4 is 15.0 Å². The van der Waals surface area contributed by atoms with Crippen molar-refractivity contribution in [1.82, 2.24) is 5.32 Å². The maximum Gasteiger partial charge on any atom is 0.375 e. The van der Waals surface area contributed by atoms with Crippen LogP contribution in [0.1, 0.15) is 56.9 Å². The molecule has 0 aliphatic carbocycles. The lowest BCUT2D eigenvalue weighted by Gasteiger charge is -2.28. The molecule has 0 amide bonds. The molecule has 1 heterocycles. The fourth-order valence-electron chi connectivity index (χ4n) is 10.1. The van der Waals surface area contributed by atoms with E-state index in [0.29, 0.717) is 28.3 Å². The summed E-state index contributed by atoms with van der Waals surface area (Å²) in [6, 6.07) is 50.0. The standard InChI is InChI=1S/C41H29NO6.C27H31NO3.C2H6.CH4O/c1-22-7-3-4-8-27(22)29-9-5-10-30-31-11-6-12-34(40(31)48-39(29)30)42(23(2)37(44)38(45)41(46)47)33-20-17-25-15-18-28-26(21-43)14-13-24-16-19-32(33)36(25)35(24)28;1-6-12-25(28-18-11-17-26(30)20(4)29)21(5)31-27-22(7-2)14-10-16-24(27)23-15-9-8-13-19(23)3;2*1-2/h3-20,43-45H,2,21H2,1H3,(H,46,47);6,8-18,28-30H,4,7H2,1-3,5H3;1-2H3;2H,1H3/b38-37-;12-6-,18-11+,25-21-,26-17+;;. The molecule has 0 fully saturated rings. The van der Waals surface area contributed by atoms with Gasteiger partial charge in [-0.25, -0.2) is 4.79 Å². The highest BCUT2D eigenvalue weighted by Crippen LogP contribution is 2.47. The number of fused-ring (bicyclic) bond motifs is 3. The van der Waals surface area contributed by atoms with E-state index in [4.69, 9.17) is 19.4 Å². The Morgan fingerprint density at radius 1 is 0.627 bits per heavy atom. The summed E-state index contributed by atoms with van der Waals surface area (Å²) in [5.74, 6) is -2.92. The largest absolute Gasteiger partial charge is 0.505 e. The SMILES string of the molecule is C=C(/C(O)=C(/O)C(=O)O)N(c1ccc2ccc3c(CO)ccc4ccc1c2c43)c1cccc2c1oc1c(-c3ccccc3C)cccc12.C=C(O)/C(O)=C\C=C\NC(/C=C\C)=C(/C)Oc1c(CC)cccc1-c1ccccc1C.CC.CO. The van der Waals surface area contributed by atoms with Crippen LogP contribution in [0.3, 0.4) is 0 Å². The van der Waals surface area contributed by atoms with E-state index >= 15 is 0 Å². The summed E-state index contributed by atoms with van der Waals surface area (Å²) in [5, 5.41) is 77.4. The number of allylic oxidation sites excluding steroid dienone is 5. The van der Waals surface area contributed by atoms with Crippen LogP contribution in [0.5, 0.6) is 5.75 Å². The highest BCUT2D eigenvalue weighted by Gasteiger charge is 2.28. The highest BCUT2D eigenvalue weighted by molar-refractivity contribution is 6.26. The summed E-state index contributed by atoms with van der Waals surface area (Å²) in [4.78, 5) is 13.4. The number of nitrogens with one attached hydrogen (secondary N) is 1. The van der Waals surface area contributed by atoms with Gasteiger partial charge < -0.3 is 55.1 Å². The lowest BCUT2D eigenvalue weighted by atomic mass is 9.91. The lowest BCUT2D eigenvalue weighted by molar-refractivity contribution is -0.135. The van der Waals surface area contributed by atoms with E-state index in [1.165, 1.54) is 11.6 Å². The van der Waals surface area contributed by atoms with Gasteiger partial charge in [-0.1, -0.05) is 180 Å². The Hall–Kier alpha value is -10.0. The van der Waals surface area contributed by atoms with Crippen molar-refractivity contribution in [2.45, 2.75) is 61.5 Å². The molecule has 0 saturated carbocycles. The molecule has 8 N–H and O–H groups in total. The number of aryl methyl sites for hydroxylation is 3. The minimum Gasteiger partial charge on any atom is -0.505 e. The second kappa shape index (κ2) is 27.4. The number of carboxylic acids is 1. The Morgan fingerprint density at radius 2 is 1.18 bits per heavy atom. The van der Waals surface area contributed by atoms with Gasteiger partial charge in [0, 0.05) is 40.6 Å². The molecular weight excluding hydrogens is 1040 g/mol. The van der Waals surface area contributed by atoms with Crippen LogP contribution in [0, 0.1) is 13.8 Å². The number of anilines is 2. The normalized spacial score (nSPS) is 12.1. The van der Waals surface area contributed by atoms with Gasteiger partial charge in [0.1, 0.15) is 22.9 Å². The van der Waals surface area contributed by atoms with Crippen molar-refractivity contribution in [3.05, 3.63) is 258 Å². The molecule has 0 aliphatic heterocycles. The molecule has 0 saturated heterocycles. The molecule has 0 atom stereocenters. The van der Waals surface area contributed by atoms with Crippen molar-refractivity contribution in [1.29, 1.82) is 0 Å². The molecular formula is C71H70N2O10. The first-order valence-electron chi connectivity index (χ1n) is 27.2. The zero-order chi connectivity index (χ0) is 60.1. The first kappa shape index (κ1) is 60.6. The summed E-state index contributed by atoms with van der Waals surface area (Å²) >= 11 is 0. The third kappa shape index (κ3) is 12.5. The zero-order valence-electron chi connectivity index (χ0n) is 48.0. The van der Waals surface area contributed by atoms with Crippen molar-refractivity contribution in [2.75, 3.05) is 12.0 Å². The van der Waals surface area contributed by atoms with Gasteiger partial charge in [0.2, 0.25) is 5.76 Å². The smallest absolute Gasteiger partial charge is 0.375 e. The molecule has 12 heteroatoms. The third-order valence-corrected chi connectivity index (χ3v) is 14.1. The summed E-state index contributed by atoms with van der Waals surface area (Å²) in [6.45, 7) is 21.4. The number of benzene rings is 9. The van der Waals surface area contributed by atoms with Gasteiger partial charge >= 0.3 is 5.97 Å². The van der Waals surface area contributed by atoms with E-state index in [1.807, 2.05) is 149 Å². The average molecular weight is 1110 g/mol. The topological polar surface area (TPSA) is 196 Å². The Morgan fingerprint density at radius 3 is 1.80 bits per heavy atom. The molecule has 0 spiro atoms. The molecule has 0 radical (unpaired) electrons. The van der Waals surface area contributed by atoms with Gasteiger partial charge in [-0.2, -0.15) is 0 Å². The molecule has 9 aromatic carbocycles. The summed E-state index contributed by atoms with van der Waals surface area (Å²) in [6.07, 6.45) is 9.25. The number of rotatable bonds is 16. The predicted molar refractivity (Wildman–Crippen MR) is 340 cm³/mol. The number of carboxylic acid groups (broad SMARTS) is 1. The summed E-state index contributed by atoms with van der Waals surface area (Å²) < 4.78 is 13.2. The molecule has 83 heavy (non-hydrogen) atoms. The minimum atomic E-state index is -1.69. The number of aliphatic hydroxyl groups excluding tert-OH is 6. The van der Waals surface area contributed by atoms with E-state index in [2.05, 4.69) is 81.7 Å². The molecule has 0 unspecified atom stereocenters. The van der Waals surface area contributed by atoms with Crippen molar-refractivity contribution in [3.8, 4) is 28.0 Å². The van der Waals surface area contributed by atoms with Crippen molar-refractivity contribution >= 4 is 71.6 Å². The van der Waals surface area contributed by atoms with E-state index in [0.717, 1.165) is 107 Å². The minimum absolute atomic E-state index is 0.115. The van der Waals surface area contributed by atoms with Crippen LogP contribution in [-0.2, 0) is 17.8 Å². The van der Waals surface area contributed by atoms with Gasteiger partial charge in [-0.3, -0.25) is 0 Å². The monoisotopic (exact) mass is 1110 g/mol. The van der Waals surface area contributed by atoms with Crippen LogP contribution in [0.25, 0.3) is 76.5 Å². The van der Waals surface area contributed by atoms with Gasteiger partial charge in [-0.05, 0) is 125 Å². The van der Waals surface area contributed by atoms with Gasteiger partial charge in [0.15, 0.2) is 17.1 Å². The van der Waals surface area contributed by atoms with Crippen LogP contribution in [0.15, 0.2) is 240 Å². The van der Waals surface area contributed by atoms with Crippen LogP contribution >= 0.6 is 0 Å². The number of nitrogens with zero attached hydrogens (tertiary/aromatic N) is 1. The molecule has 0 bridgehead atoms. The quantitative estimate of drug-likeness (QED) is 0.0198. The van der Waals surface area contributed by atoms with Crippen LogP contribution in [0.4, 0.5) is 11.4 Å². The molecule has 1 aromatic heterocycles. The molecule has 0 aliphatic rings. The van der Waals surface area contributed by atoms with E-state index < -0.39 is 17.5 Å². The molecule has 10 rings (SSSR count). The molecule has 424 valence electrons.